The molecule has 0 atom stereocenters. The number of carbonyl (C=O) groups is 1. The molecule has 2 aromatic carbocycles. The molecule has 156 valence electrons. The number of halogens is 5. The van der Waals surface area contributed by atoms with Crippen LogP contribution >= 0.6 is 23.2 Å². The summed E-state index contributed by atoms with van der Waals surface area (Å²) >= 11 is 11.7. The minimum Gasteiger partial charge on any atom is -0.294 e. The number of alkyl halides is 3. The van der Waals surface area contributed by atoms with Gasteiger partial charge >= 0.3 is 6.18 Å². The Morgan fingerprint density at radius 2 is 1.72 bits per heavy atom. The van der Waals surface area contributed by atoms with Crippen LogP contribution in [0.25, 0.3) is 0 Å². The first-order valence-corrected chi connectivity index (χ1v) is 11.2. The van der Waals surface area contributed by atoms with E-state index in [4.69, 9.17) is 23.2 Å². The number of rotatable bonds is 6. The lowest BCUT2D eigenvalue weighted by Gasteiger charge is -2.34. The lowest BCUT2D eigenvalue weighted by Crippen LogP contribution is -2.36. The summed E-state index contributed by atoms with van der Waals surface area (Å²) in [6, 6.07) is 8.42. The zero-order valence-corrected chi connectivity index (χ0v) is 17.4. The van der Waals surface area contributed by atoms with Gasteiger partial charge in [0.25, 0.3) is 0 Å². The first-order chi connectivity index (χ1) is 13.5. The molecule has 0 N–H and O–H groups in total. The third-order valence-electron chi connectivity index (χ3n) is 5.14. The minimum atomic E-state index is -4.60. The Hall–Kier alpha value is -1.57. The summed E-state index contributed by atoms with van der Waals surface area (Å²) in [7, 11) is -3.84. The highest BCUT2D eigenvalue weighted by Gasteiger charge is 2.40. The van der Waals surface area contributed by atoms with Crippen LogP contribution in [0.1, 0.15) is 41.6 Å². The van der Waals surface area contributed by atoms with Crippen molar-refractivity contribution in [1.29, 1.82) is 0 Å². The van der Waals surface area contributed by atoms with Crippen molar-refractivity contribution < 1.29 is 26.4 Å². The molecular weight excluding hydrogens is 448 g/mol. The van der Waals surface area contributed by atoms with Crippen LogP contribution in [0.4, 0.5) is 13.2 Å². The van der Waals surface area contributed by atoms with Crippen molar-refractivity contribution >= 4 is 38.8 Å². The molecule has 0 radical (unpaired) electrons. The maximum Gasteiger partial charge on any atom is 0.416 e. The smallest absolute Gasteiger partial charge is 0.294 e. The van der Waals surface area contributed by atoms with Gasteiger partial charge in [-0.15, -0.1) is 0 Å². The van der Waals surface area contributed by atoms with Crippen molar-refractivity contribution in [2.75, 3.05) is 0 Å². The average molecular weight is 465 g/mol. The summed E-state index contributed by atoms with van der Waals surface area (Å²) in [6.45, 7) is 0. The molecule has 29 heavy (non-hydrogen) atoms. The highest BCUT2D eigenvalue weighted by atomic mass is 35.5. The summed E-state index contributed by atoms with van der Waals surface area (Å²) in [4.78, 5) is 11.9. The van der Waals surface area contributed by atoms with E-state index >= 15 is 0 Å². The number of Topliss-reactive ketones (excluding diaryl/α,β-unsaturated/α-hetero) is 1. The molecule has 9 heteroatoms. The third-order valence-corrected chi connectivity index (χ3v) is 8.05. The van der Waals surface area contributed by atoms with E-state index in [9.17, 15) is 26.4 Å². The number of sulfone groups is 1. The Kier molecular flexibility index (Phi) is 6.32. The fourth-order valence-corrected chi connectivity index (χ4v) is 5.65. The van der Waals surface area contributed by atoms with Gasteiger partial charge in [0.15, 0.2) is 15.6 Å². The van der Waals surface area contributed by atoms with Crippen LogP contribution in [0.3, 0.4) is 0 Å². The largest absolute Gasteiger partial charge is 0.416 e. The Morgan fingerprint density at radius 1 is 1.03 bits per heavy atom. The van der Waals surface area contributed by atoms with E-state index in [-0.39, 0.29) is 28.0 Å². The molecule has 3 nitrogen and oxygen atoms in total. The topological polar surface area (TPSA) is 51.2 Å². The van der Waals surface area contributed by atoms with Crippen molar-refractivity contribution in [2.24, 2.45) is 5.92 Å². The van der Waals surface area contributed by atoms with Gasteiger partial charge in [-0.2, -0.15) is 13.2 Å². The van der Waals surface area contributed by atoms with Crippen molar-refractivity contribution in [3.05, 3.63) is 63.6 Å². The number of hydrogen-bond donors (Lipinski definition) is 0. The molecule has 0 bridgehead atoms. The lowest BCUT2D eigenvalue weighted by atomic mass is 9.80. The number of carbonyl (C=O) groups excluding carboxylic acids is 1. The van der Waals surface area contributed by atoms with Crippen molar-refractivity contribution in [1.82, 2.24) is 0 Å². The first kappa shape index (κ1) is 22.1. The Bertz CT molecular complexity index is 1030. The van der Waals surface area contributed by atoms with Gasteiger partial charge in [-0.25, -0.2) is 8.42 Å². The monoisotopic (exact) mass is 464 g/mol. The fraction of sp³-hybridized carbons (Fsp3) is 0.350. The zero-order chi connectivity index (χ0) is 21.4. The summed E-state index contributed by atoms with van der Waals surface area (Å²) in [5.74, 6) is -0.0833. The van der Waals surface area contributed by atoms with Gasteiger partial charge in [0, 0.05) is 12.0 Å². The van der Waals surface area contributed by atoms with Crippen molar-refractivity contribution in [2.45, 2.75) is 42.0 Å². The lowest BCUT2D eigenvalue weighted by molar-refractivity contribution is -0.137. The fourth-order valence-electron chi connectivity index (χ4n) is 3.35. The average Bonchev–Trinajstić information content (AvgIpc) is 2.61. The van der Waals surface area contributed by atoms with Crippen LogP contribution in [0.5, 0.6) is 0 Å². The predicted octanol–water partition coefficient (Wildman–Crippen LogP) is 6.23. The Labute approximate surface area is 176 Å². The molecule has 1 saturated carbocycles. The van der Waals surface area contributed by atoms with Gasteiger partial charge in [0.1, 0.15) is 0 Å². The molecule has 1 aliphatic carbocycles. The molecule has 1 aliphatic rings. The van der Waals surface area contributed by atoms with Crippen LogP contribution in [-0.2, 0) is 16.0 Å². The molecule has 0 saturated heterocycles. The van der Waals surface area contributed by atoms with Crippen LogP contribution in [-0.4, -0.2) is 19.5 Å². The Balaban J connectivity index is 1.58. The molecule has 0 aromatic heterocycles. The van der Waals surface area contributed by atoms with Gasteiger partial charge in [0.05, 0.1) is 25.8 Å². The Morgan fingerprint density at radius 3 is 2.34 bits per heavy atom. The standard InChI is InChI=1S/C20H17Cl2F3O3S/c21-17-6-5-13(10-18(17)22)19(26)7-4-12-8-16(9-12)29(27,28)15-3-1-2-14(11-15)20(23,24)25/h1-3,5-6,10-12,16H,4,7-9H2. The summed E-state index contributed by atoms with van der Waals surface area (Å²) in [5.41, 5.74) is -0.548. The van der Waals surface area contributed by atoms with Gasteiger partial charge in [-0.05, 0) is 61.6 Å². The molecule has 0 unspecified atom stereocenters. The summed E-state index contributed by atoms with van der Waals surface area (Å²) in [6.07, 6.45) is -3.20. The summed E-state index contributed by atoms with van der Waals surface area (Å²) in [5, 5.41) is -0.0886. The zero-order valence-electron chi connectivity index (χ0n) is 15.0. The first-order valence-electron chi connectivity index (χ1n) is 8.88. The van der Waals surface area contributed by atoms with Crippen LogP contribution in [0.2, 0.25) is 10.0 Å². The molecule has 0 aliphatic heterocycles. The van der Waals surface area contributed by atoms with Crippen LogP contribution < -0.4 is 0 Å². The van der Waals surface area contributed by atoms with E-state index in [2.05, 4.69) is 0 Å². The molecule has 0 heterocycles. The number of benzene rings is 2. The molecule has 0 amide bonds. The van der Waals surface area contributed by atoms with E-state index < -0.39 is 26.8 Å². The highest BCUT2D eigenvalue weighted by Crippen LogP contribution is 2.40. The van der Waals surface area contributed by atoms with Gasteiger partial charge < -0.3 is 0 Å². The third kappa shape index (κ3) is 4.95. The van der Waals surface area contributed by atoms with Gasteiger partial charge in [0.2, 0.25) is 0 Å². The number of hydrogen-bond acceptors (Lipinski definition) is 3. The highest BCUT2D eigenvalue weighted by molar-refractivity contribution is 7.92. The maximum atomic E-state index is 12.8. The molecule has 3 rings (SSSR count). The van der Waals surface area contributed by atoms with E-state index in [0.29, 0.717) is 35.9 Å². The second-order valence-corrected chi connectivity index (χ2v) is 10.2. The van der Waals surface area contributed by atoms with Crippen LogP contribution in [0, 0.1) is 5.92 Å². The normalized spacial score (nSPS) is 19.6. The SMILES string of the molecule is O=C(CCC1CC(S(=O)(=O)c2cccc(C(F)(F)F)c2)C1)c1ccc(Cl)c(Cl)c1. The van der Waals surface area contributed by atoms with E-state index in [1.54, 1.807) is 6.07 Å². The number of ketones is 1. The van der Waals surface area contributed by atoms with E-state index in [1.807, 2.05) is 0 Å². The minimum absolute atomic E-state index is 0.0345. The van der Waals surface area contributed by atoms with E-state index in [0.717, 1.165) is 12.1 Å². The molecular formula is C20H17Cl2F3O3S. The van der Waals surface area contributed by atoms with E-state index in [1.165, 1.54) is 18.2 Å². The van der Waals surface area contributed by atoms with Crippen LogP contribution in [0.15, 0.2) is 47.4 Å². The maximum absolute atomic E-state index is 12.8. The van der Waals surface area contributed by atoms with Crippen molar-refractivity contribution in [3.63, 3.8) is 0 Å². The summed E-state index contributed by atoms with van der Waals surface area (Å²) < 4.78 is 63.7. The molecule has 1 fully saturated rings. The molecule has 0 spiro atoms. The second kappa shape index (κ2) is 8.28. The second-order valence-electron chi connectivity index (χ2n) is 7.12. The molecule has 2 aromatic rings. The van der Waals surface area contributed by atoms with Gasteiger partial charge in [-0.1, -0.05) is 29.3 Å². The van der Waals surface area contributed by atoms with Gasteiger partial charge in [-0.3, -0.25) is 4.79 Å². The quantitative estimate of drug-likeness (QED) is 0.476. The van der Waals surface area contributed by atoms with Crippen molar-refractivity contribution in [3.8, 4) is 0 Å². The predicted molar refractivity (Wildman–Crippen MR) is 105 cm³/mol.